The number of benzene rings is 1. The average molecular weight is 262 g/mol. The summed E-state index contributed by atoms with van der Waals surface area (Å²) in [6.07, 6.45) is 1.59. The minimum atomic E-state index is -0.823. The number of nitrogens with one attached hydrogen (secondary N) is 2. The number of hydrogen-bond acceptors (Lipinski definition) is 3. The second-order valence-corrected chi connectivity index (χ2v) is 5.49. The van der Waals surface area contributed by atoms with Gasteiger partial charge in [-0.25, -0.2) is 0 Å². The Hall–Kier alpha value is -1.55. The van der Waals surface area contributed by atoms with Crippen LogP contribution in [0.25, 0.3) is 0 Å². The van der Waals surface area contributed by atoms with Gasteiger partial charge in [0.1, 0.15) is 0 Å². The predicted octanol–water partition coefficient (Wildman–Crippen LogP) is 1.86. The van der Waals surface area contributed by atoms with Gasteiger partial charge in [-0.1, -0.05) is 31.5 Å². The van der Waals surface area contributed by atoms with E-state index in [1.54, 1.807) is 6.92 Å². The predicted molar refractivity (Wildman–Crippen MR) is 76.2 cm³/mol. The first-order valence-corrected chi connectivity index (χ1v) is 6.86. The van der Waals surface area contributed by atoms with E-state index in [4.69, 9.17) is 0 Å². The highest BCUT2D eigenvalue weighted by molar-refractivity contribution is 5.88. The van der Waals surface area contributed by atoms with Crippen LogP contribution in [-0.4, -0.2) is 29.7 Å². The zero-order valence-corrected chi connectivity index (χ0v) is 11.6. The lowest BCUT2D eigenvalue weighted by atomic mass is 9.98. The second kappa shape index (κ2) is 5.61. The monoisotopic (exact) mass is 262 g/mol. The Balaban J connectivity index is 1.95. The molecule has 1 aliphatic rings. The lowest BCUT2D eigenvalue weighted by Gasteiger charge is -2.24. The molecule has 0 spiro atoms. The van der Waals surface area contributed by atoms with Crippen molar-refractivity contribution >= 4 is 11.6 Å². The summed E-state index contributed by atoms with van der Waals surface area (Å²) >= 11 is 0. The first-order valence-electron chi connectivity index (χ1n) is 6.86. The van der Waals surface area contributed by atoms with Gasteiger partial charge < -0.3 is 15.7 Å². The fourth-order valence-corrected chi connectivity index (χ4v) is 2.55. The van der Waals surface area contributed by atoms with Crippen LogP contribution < -0.4 is 10.6 Å². The minimum absolute atomic E-state index is 0.0196. The molecule has 1 amide bonds. The van der Waals surface area contributed by atoms with Gasteiger partial charge in [0.05, 0.1) is 11.5 Å². The zero-order chi connectivity index (χ0) is 13.9. The van der Waals surface area contributed by atoms with Gasteiger partial charge in [-0.05, 0) is 25.0 Å². The van der Waals surface area contributed by atoms with Crippen molar-refractivity contribution in [3.8, 4) is 0 Å². The molecular weight excluding hydrogens is 240 g/mol. The largest absolute Gasteiger partial charge is 0.388 e. The van der Waals surface area contributed by atoms with Crippen LogP contribution in [0.3, 0.4) is 0 Å². The van der Waals surface area contributed by atoms with E-state index < -0.39 is 5.60 Å². The summed E-state index contributed by atoms with van der Waals surface area (Å²) in [5.41, 5.74) is 1.24. The third-order valence-corrected chi connectivity index (χ3v) is 3.58. The number of carbonyl (C=O) groups is 1. The standard InChI is InChI=1S/C15H22N2O2/c1-3-8-15(2,19)10-17-14(18)12-9-16-13-7-5-4-6-11(12)13/h4-7,12,16,19H,3,8-10H2,1-2H3,(H,17,18). The molecule has 104 valence electrons. The smallest absolute Gasteiger partial charge is 0.229 e. The molecule has 1 aliphatic heterocycles. The minimum Gasteiger partial charge on any atom is -0.388 e. The van der Waals surface area contributed by atoms with Gasteiger partial charge in [-0.3, -0.25) is 4.79 Å². The van der Waals surface area contributed by atoms with Gasteiger partial charge in [0.15, 0.2) is 0 Å². The number of hydrogen-bond donors (Lipinski definition) is 3. The van der Waals surface area contributed by atoms with E-state index in [9.17, 15) is 9.90 Å². The van der Waals surface area contributed by atoms with Crippen LogP contribution in [0.2, 0.25) is 0 Å². The van der Waals surface area contributed by atoms with Gasteiger partial charge in [0.2, 0.25) is 5.91 Å². The van der Waals surface area contributed by atoms with Crippen molar-refractivity contribution in [2.24, 2.45) is 0 Å². The Morgan fingerprint density at radius 3 is 3.00 bits per heavy atom. The summed E-state index contributed by atoms with van der Waals surface area (Å²) in [5, 5.41) is 16.2. The molecule has 0 fully saturated rings. The van der Waals surface area contributed by atoms with Crippen LogP contribution in [0.1, 0.15) is 38.2 Å². The van der Waals surface area contributed by atoms with E-state index in [2.05, 4.69) is 10.6 Å². The van der Waals surface area contributed by atoms with Crippen molar-refractivity contribution in [3.05, 3.63) is 29.8 Å². The van der Waals surface area contributed by atoms with E-state index in [1.807, 2.05) is 31.2 Å². The molecule has 4 nitrogen and oxygen atoms in total. The molecular formula is C15H22N2O2. The molecule has 0 bridgehead atoms. The molecule has 0 saturated heterocycles. The van der Waals surface area contributed by atoms with Crippen LogP contribution in [0, 0.1) is 0 Å². The molecule has 0 radical (unpaired) electrons. The van der Waals surface area contributed by atoms with Crippen LogP contribution in [0.4, 0.5) is 5.69 Å². The lowest BCUT2D eigenvalue weighted by Crippen LogP contribution is -2.42. The maximum absolute atomic E-state index is 12.2. The number of anilines is 1. The second-order valence-electron chi connectivity index (χ2n) is 5.49. The molecule has 3 N–H and O–H groups in total. The molecule has 1 aromatic carbocycles. The van der Waals surface area contributed by atoms with Crippen molar-refractivity contribution in [2.75, 3.05) is 18.4 Å². The van der Waals surface area contributed by atoms with Crippen LogP contribution in [0.5, 0.6) is 0 Å². The Labute approximate surface area is 114 Å². The Bertz CT molecular complexity index is 457. The third-order valence-electron chi connectivity index (χ3n) is 3.58. The van der Waals surface area contributed by atoms with Gasteiger partial charge in [-0.15, -0.1) is 0 Å². The SMILES string of the molecule is CCCC(C)(O)CNC(=O)C1CNc2ccccc21. The van der Waals surface area contributed by atoms with Gasteiger partial charge in [0, 0.05) is 18.8 Å². The number of carbonyl (C=O) groups excluding carboxylic acids is 1. The third kappa shape index (κ3) is 3.26. The maximum Gasteiger partial charge on any atom is 0.229 e. The number of amides is 1. The molecule has 0 aromatic heterocycles. The lowest BCUT2D eigenvalue weighted by molar-refractivity contribution is -0.123. The van der Waals surface area contributed by atoms with Crippen LogP contribution >= 0.6 is 0 Å². The quantitative estimate of drug-likeness (QED) is 0.759. The Morgan fingerprint density at radius 2 is 2.26 bits per heavy atom. The van der Waals surface area contributed by atoms with E-state index >= 15 is 0 Å². The molecule has 19 heavy (non-hydrogen) atoms. The normalized spacial score (nSPS) is 20.3. The highest BCUT2D eigenvalue weighted by atomic mass is 16.3. The van der Waals surface area contributed by atoms with Gasteiger partial charge in [0.25, 0.3) is 0 Å². The first kappa shape index (κ1) is 13.9. The van der Waals surface area contributed by atoms with E-state index in [-0.39, 0.29) is 11.8 Å². The summed E-state index contributed by atoms with van der Waals surface area (Å²) in [4.78, 5) is 12.2. The Kier molecular flexibility index (Phi) is 4.10. The van der Waals surface area contributed by atoms with Crippen molar-refractivity contribution < 1.29 is 9.90 Å². The molecule has 2 atom stereocenters. The summed E-state index contributed by atoms with van der Waals surface area (Å²) < 4.78 is 0. The molecule has 4 heteroatoms. The fourth-order valence-electron chi connectivity index (χ4n) is 2.55. The molecule has 1 aromatic rings. The fraction of sp³-hybridized carbons (Fsp3) is 0.533. The molecule has 1 heterocycles. The average Bonchev–Trinajstić information content (AvgIpc) is 2.80. The van der Waals surface area contributed by atoms with Gasteiger partial charge >= 0.3 is 0 Å². The summed E-state index contributed by atoms with van der Waals surface area (Å²) in [6, 6.07) is 7.86. The summed E-state index contributed by atoms with van der Waals surface area (Å²) in [6.45, 7) is 4.71. The molecule has 2 unspecified atom stereocenters. The number of fused-ring (bicyclic) bond motifs is 1. The van der Waals surface area contributed by atoms with E-state index in [0.717, 1.165) is 17.7 Å². The van der Waals surface area contributed by atoms with Crippen LogP contribution in [0.15, 0.2) is 24.3 Å². The van der Waals surface area contributed by atoms with Gasteiger partial charge in [-0.2, -0.15) is 0 Å². The van der Waals surface area contributed by atoms with Crippen molar-refractivity contribution in [2.45, 2.75) is 38.2 Å². The number of aliphatic hydroxyl groups is 1. The van der Waals surface area contributed by atoms with E-state index in [1.165, 1.54) is 0 Å². The van der Waals surface area contributed by atoms with Crippen molar-refractivity contribution in [1.82, 2.24) is 5.32 Å². The summed E-state index contributed by atoms with van der Waals surface area (Å²) in [7, 11) is 0. The zero-order valence-electron chi connectivity index (χ0n) is 11.6. The highest BCUT2D eigenvalue weighted by Crippen LogP contribution is 2.31. The first-order chi connectivity index (χ1) is 9.03. The van der Waals surface area contributed by atoms with Crippen molar-refractivity contribution in [1.29, 1.82) is 0 Å². The van der Waals surface area contributed by atoms with Crippen LogP contribution in [-0.2, 0) is 4.79 Å². The van der Waals surface area contributed by atoms with E-state index in [0.29, 0.717) is 19.5 Å². The maximum atomic E-state index is 12.2. The number of rotatable bonds is 5. The topological polar surface area (TPSA) is 61.4 Å². The van der Waals surface area contributed by atoms with Crippen molar-refractivity contribution in [3.63, 3.8) is 0 Å². The summed E-state index contributed by atoms with van der Waals surface area (Å²) in [5.74, 6) is -0.178. The Morgan fingerprint density at radius 1 is 1.53 bits per heavy atom. The molecule has 0 saturated carbocycles. The molecule has 2 rings (SSSR count). The highest BCUT2D eigenvalue weighted by Gasteiger charge is 2.29. The number of para-hydroxylation sites is 1. The molecule has 0 aliphatic carbocycles.